The van der Waals surface area contributed by atoms with Crippen molar-refractivity contribution in [1.82, 2.24) is 0 Å². The third-order valence-corrected chi connectivity index (χ3v) is 5.94. The first-order chi connectivity index (χ1) is 12.7. The van der Waals surface area contributed by atoms with Crippen LogP contribution in [0.2, 0.25) is 0 Å². The summed E-state index contributed by atoms with van der Waals surface area (Å²) in [7, 11) is 0. The zero-order chi connectivity index (χ0) is 18.2. The van der Waals surface area contributed by atoms with Crippen LogP contribution in [0.4, 0.5) is 5.69 Å². The van der Waals surface area contributed by atoms with Crippen molar-refractivity contribution in [2.75, 3.05) is 18.5 Å². The first-order valence-electron chi connectivity index (χ1n) is 9.09. The molecule has 0 radical (unpaired) electrons. The molecule has 5 heteroatoms. The van der Waals surface area contributed by atoms with E-state index < -0.39 is 0 Å². The SMILES string of the molecule is NC(CC(=O)Nc1cccc(CSC2CCOCC2)c1)c1ccccc1. The molecule has 1 amide bonds. The number of carbonyl (C=O) groups is 1. The average Bonchev–Trinajstić information content (AvgIpc) is 2.68. The molecule has 26 heavy (non-hydrogen) atoms. The largest absolute Gasteiger partial charge is 0.381 e. The van der Waals surface area contributed by atoms with Crippen LogP contribution in [0.3, 0.4) is 0 Å². The molecule has 0 aliphatic carbocycles. The molecule has 1 unspecified atom stereocenters. The van der Waals surface area contributed by atoms with Crippen molar-refractivity contribution in [2.45, 2.75) is 36.3 Å². The Morgan fingerprint density at radius 3 is 2.69 bits per heavy atom. The Balaban J connectivity index is 1.50. The number of ether oxygens (including phenoxy) is 1. The molecule has 1 atom stereocenters. The number of hydrogen-bond donors (Lipinski definition) is 2. The fourth-order valence-electron chi connectivity index (χ4n) is 3.03. The zero-order valence-corrected chi connectivity index (χ0v) is 15.7. The molecule has 1 aliphatic heterocycles. The van der Waals surface area contributed by atoms with Gasteiger partial charge in [0.2, 0.25) is 5.91 Å². The minimum absolute atomic E-state index is 0.0596. The van der Waals surface area contributed by atoms with Gasteiger partial charge in [0, 0.05) is 42.4 Å². The standard InChI is InChI=1S/C21H26N2O2S/c22-20(17-6-2-1-3-7-17)14-21(24)23-18-8-4-5-16(13-18)15-26-19-9-11-25-12-10-19/h1-8,13,19-20H,9-12,14-15,22H2,(H,23,24). The first-order valence-corrected chi connectivity index (χ1v) is 10.1. The Bertz CT molecular complexity index is 702. The minimum atomic E-state index is -0.288. The Kier molecular flexibility index (Phi) is 7.12. The molecule has 0 aromatic heterocycles. The van der Waals surface area contributed by atoms with E-state index in [1.807, 2.05) is 54.2 Å². The second-order valence-corrected chi connectivity index (χ2v) is 7.88. The topological polar surface area (TPSA) is 64.4 Å². The van der Waals surface area contributed by atoms with Crippen LogP contribution in [0.25, 0.3) is 0 Å². The maximum Gasteiger partial charge on any atom is 0.226 e. The summed E-state index contributed by atoms with van der Waals surface area (Å²) in [5.41, 5.74) is 9.17. The van der Waals surface area contributed by atoms with Crippen LogP contribution in [-0.4, -0.2) is 24.4 Å². The summed E-state index contributed by atoms with van der Waals surface area (Å²) in [4.78, 5) is 12.3. The summed E-state index contributed by atoms with van der Waals surface area (Å²) < 4.78 is 5.41. The third kappa shape index (κ3) is 5.87. The smallest absolute Gasteiger partial charge is 0.226 e. The average molecular weight is 371 g/mol. The van der Waals surface area contributed by atoms with E-state index in [4.69, 9.17) is 10.5 Å². The van der Waals surface area contributed by atoms with E-state index in [2.05, 4.69) is 17.4 Å². The van der Waals surface area contributed by atoms with Crippen molar-refractivity contribution in [1.29, 1.82) is 0 Å². The molecule has 0 spiro atoms. The molecular weight excluding hydrogens is 344 g/mol. The number of thioether (sulfide) groups is 1. The Hall–Kier alpha value is -1.82. The van der Waals surface area contributed by atoms with Crippen LogP contribution in [0, 0.1) is 0 Å². The molecule has 1 heterocycles. The van der Waals surface area contributed by atoms with E-state index in [-0.39, 0.29) is 18.4 Å². The van der Waals surface area contributed by atoms with Gasteiger partial charge < -0.3 is 15.8 Å². The number of carbonyl (C=O) groups excluding carboxylic acids is 1. The molecule has 1 aliphatic rings. The molecular formula is C21H26N2O2S. The van der Waals surface area contributed by atoms with Gasteiger partial charge in [-0.05, 0) is 36.1 Å². The predicted octanol–water partition coefficient (Wildman–Crippen LogP) is 4.13. The highest BCUT2D eigenvalue weighted by atomic mass is 32.2. The lowest BCUT2D eigenvalue weighted by atomic mass is 10.0. The highest BCUT2D eigenvalue weighted by Crippen LogP contribution is 2.26. The van der Waals surface area contributed by atoms with Crippen molar-refractivity contribution < 1.29 is 9.53 Å². The van der Waals surface area contributed by atoms with Crippen LogP contribution in [0.15, 0.2) is 54.6 Å². The minimum Gasteiger partial charge on any atom is -0.381 e. The molecule has 4 nitrogen and oxygen atoms in total. The third-order valence-electron chi connectivity index (χ3n) is 4.50. The Morgan fingerprint density at radius 1 is 1.15 bits per heavy atom. The predicted molar refractivity (Wildman–Crippen MR) is 108 cm³/mol. The number of nitrogens with one attached hydrogen (secondary N) is 1. The number of hydrogen-bond acceptors (Lipinski definition) is 4. The molecule has 138 valence electrons. The Labute approximate surface area is 159 Å². The summed E-state index contributed by atoms with van der Waals surface area (Å²) in [6, 6.07) is 17.5. The van der Waals surface area contributed by atoms with Crippen molar-refractivity contribution >= 4 is 23.4 Å². The van der Waals surface area contributed by atoms with E-state index in [9.17, 15) is 4.79 Å². The van der Waals surface area contributed by atoms with Crippen molar-refractivity contribution in [2.24, 2.45) is 5.73 Å². The van der Waals surface area contributed by atoms with Crippen LogP contribution in [0.5, 0.6) is 0 Å². The summed E-state index contributed by atoms with van der Waals surface area (Å²) >= 11 is 1.97. The van der Waals surface area contributed by atoms with Crippen molar-refractivity contribution in [3.8, 4) is 0 Å². The maximum atomic E-state index is 12.3. The number of amides is 1. The molecule has 2 aromatic rings. The second kappa shape index (κ2) is 9.76. The molecule has 1 fully saturated rings. The normalized spacial score (nSPS) is 16.2. The molecule has 2 aromatic carbocycles. The van der Waals surface area contributed by atoms with E-state index >= 15 is 0 Å². The molecule has 3 N–H and O–H groups in total. The van der Waals surface area contributed by atoms with Crippen molar-refractivity contribution in [3.63, 3.8) is 0 Å². The van der Waals surface area contributed by atoms with Gasteiger partial charge in [0.05, 0.1) is 0 Å². The monoisotopic (exact) mass is 370 g/mol. The first kappa shape index (κ1) is 19.0. The van der Waals surface area contributed by atoms with Crippen LogP contribution in [-0.2, 0) is 15.3 Å². The number of benzene rings is 2. The molecule has 1 saturated heterocycles. The summed E-state index contributed by atoms with van der Waals surface area (Å²) in [5, 5.41) is 3.64. The zero-order valence-electron chi connectivity index (χ0n) is 14.9. The summed E-state index contributed by atoms with van der Waals surface area (Å²) in [6.07, 6.45) is 2.52. The van der Waals surface area contributed by atoms with E-state index in [0.717, 1.165) is 43.1 Å². The second-order valence-electron chi connectivity index (χ2n) is 6.59. The van der Waals surface area contributed by atoms with Gasteiger partial charge in [0.15, 0.2) is 0 Å². The number of rotatable bonds is 7. The molecule has 3 rings (SSSR count). The van der Waals surface area contributed by atoms with Gasteiger partial charge in [0.1, 0.15) is 0 Å². The van der Waals surface area contributed by atoms with Crippen LogP contribution < -0.4 is 11.1 Å². The van der Waals surface area contributed by atoms with Gasteiger partial charge in [-0.2, -0.15) is 11.8 Å². The molecule has 0 bridgehead atoms. The van der Waals surface area contributed by atoms with Gasteiger partial charge in [-0.3, -0.25) is 4.79 Å². The number of nitrogens with two attached hydrogens (primary N) is 1. The lowest BCUT2D eigenvalue weighted by Gasteiger charge is -2.21. The van der Waals surface area contributed by atoms with Gasteiger partial charge in [-0.1, -0.05) is 42.5 Å². The van der Waals surface area contributed by atoms with E-state index in [1.165, 1.54) is 5.56 Å². The van der Waals surface area contributed by atoms with Gasteiger partial charge in [-0.25, -0.2) is 0 Å². The lowest BCUT2D eigenvalue weighted by molar-refractivity contribution is -0.116. The van der Waals surface area contributed by atoms with Gasteiger partial charge >= 0.3 is 0 Å². The fraction of sp³-hybridized carbons (Fsp3) is 0.381. The lowest BCUT2D eigenvalue weighted by Crippen LogP contribution is -2.20. The molecule has 0 saturated carbocycles. The maximum absolute atomic E-state index is 12.3. The summed E-state index contributed by atoms with van der Waals surface area (Å²) in [5.74, 6) is 0.897. The van der Waals surface area contributed by atoms with Crippen molar-refractivity contribution in [3.05, 3.63) is 65.7 Å². The van der Waals surface area contributed by atoms with Crippen LogP contribution >= 0.6 is 11.8 Å². The highest BCUT2D eigenvalue weighted by Gasteiger charge is 2.15. The Morgan fingerprint density at radius 2 is 1.92 bits per heavy atom. The van der Waals surface area contributed by atoms with Gasteiger partial charge in [-0.15, -0.1) is 0 Å². The number of anilines is 1. The highest BCUT2D eigenvalue weighted by molar-refractivity contribution is 7.99. The summed E-state index contributed by atoms with van der Waals surface area (Å²) in [6.45, 7) is 1.74. The van der Waals surface area contributed by atoms with Crippen LogP contribution in [0.1, 0.15) is 36.4 Å². The van der Waals surface area contributed by atoms with E-state index in [0.29, 0.717) is 5.25 Å². The van der Waals surface area contributed by atoms with E-state index in [1.54, 1.807) is 0 Å². The quantitative estimate of drug-likeness (QED) is 0.769. The fourth-order valence-corrected chi connectivity index (χ4v) is 4.16. The van der Waals surface area contributed by atoms with Gasteiger partial charge in [0.25, 0.3) is 0 Å².